The van der Waals surface area contributed by atoms with Crippen LogP contribution in [-0.2, 0) is 19.6 Å². The van der Waals surface area contributed by atoms with Gasteiger partial charge in [-0.3, -0.25) is 4.79 Å². The van der Waals surface area contributed by atoms with Crippen LogP contribution in [0.1, 0.15) is 16.9 Å². The molecule has 4 rings (SSSR count). The highest BCUT2D eigenvalue weighted by Crippen LogP contribution is 2.19. The fraction of sp³-hybridized carbons (Fsp3) is 0.167. The fourth-order valence-corrected chi connectivity index (χ4v) is 3.57. The molecule has 0 atom stereocenters. The minimum Gasteiger partial charge on any atom is -0.497 e. The first kappa shape index (κ1) is 20.7. The lowest BCUT2D eigenvalue weighted by Crippen LogP contribution is -2.39. The van der Waals surface area contributed by atoms with Crippen molar-refractivity contribution in [3.63, 3.8) is 0 Å². The molecule has 7 heteroatoms. The van der Waals surface area contributed by atoms with Crippen molar-refractivity contribution in [1.29, 1.82) is 0 Å². The van der Waals surface area contributed by atoms with E-state index in [1.165, 1.54) is 0 Å². The average Bonchev–Trinajstić information content (AvgIpc) is 3.31. The number of nitrogens with zero attached hydrogens (tertiary/aromatic N) is 1. The topological polar surface area (TPSA) is 70.5 Å². The Labute approximate surface area is 185 Å². The summed E-state index contributed by atoms with van der Waals surface area (Å²) in [6, 6.07) is 21.3. The number of furan rings is 1. The van der Waals surface area contributed by atoms with Crippen molar-refractivity contribution in [2.24, 2.45) is 0 Å². The maximum atomic E-state index is 12.8. The van der Waals surface area contributed by atoms with E-state index in [9.17, 15) is 4.79 Å². The van der Waals surface area contributed by atoms with E-state index in [0.29, 0.717) is 36.1 Å². The molecule has 158 valence electrons. The van der Waals surface area contributed by atoms with Crippen molar-refractivity contribution in [3.8, 4) is 5.75 Å². The Morgan fingerprint density at radius 2 is 1.94 bits per heavy atom. The molecule has 6 nitrogen and oxygen atoms in total. The van der Waals surface area contributed by atoms with E-state index in [-0.39, 0.29) is 5.56 Å². The molecule has 2 heterocycles. The van der Waals surface area contributed by atoms with E-state index >= 15 is 0 Å². The van der Waals surface area contributed by atoms with Crippen molar-refractivity contribution < 1.29 is 9.15 Å². The van der Waals surface area contributed by atoms with E-state index < -0.39 is 0 Å². The van der Waals surface area contributed by atoms with Crippen molar-refractivity contribution in [2.75, 3.05) is 7.11 Å². The van der Waals surface area contributed by atoms with Gasteiger partial charge in [0.05, 0.1) is 32.0 Å². The smallest absolute Gasteiger partial charge is 0.253 e. The first-order chi connectivity index (χ1) is 15.1. The Hall–Kier alpha value is -3.58. The van der Waals surface area contributed by atoms with Crippen LogP contribution in [0.15, 0.2) is 82.2 Å². The first-order valence-corrected chi connectivity index (χ1v) is 10.3. The summed E-state index contributed by atoms with van der Waals surface area (Å²) in [5.74, 6) is 1.49. The molecule has 0 unspecified atom stereocenters. The summed E-state index contributed by atoms with van der Waals surface area (Å²) >= 11 is 5.66. The second-order valence-electron chi connectivity index (χ2n) is 7.16. The number of rotatable bonds is 7. The summed E-state index contributed by atoms with van der Waals surface area (Å²) in [6.07, 6.45) is 1.63. The Morgan fingerprint density at radius 3 is 2.68 bits per heavy atom. The van der Waals surface area contributed by atoms with Crippen molar-refractivity contribution >= 4 is 28.2 Å². The molecule has 0 saturated carbocycles. The van der Waals surface area contributed by atoms with Crippen molar-refractivity contribution in [2.45, 2.75) is 19.6 Å². The van der Waals surface area contributed by atoms with Crippen LogP contribution in [0, 0.1) is 0 Å². The van der Waals surface area contributed by atoms with Crippen LogP contribution in [-0.4, -0.2) is 22.1 Å². The van der Waals surface area contributed by atoms with Gasteiger partial charge >= 0.3 is 0 Å². The minimum atomic E-state index is -0.146. The molecule has 4 aromatic rings. The van der Waals surface area contributed by atoms with Gasteiger partial charge in [-0.25, -0.2) is 0 Å². The molecule has 31 heavy (non-hydrogen) atoms. The van der Waals surface area contributed by atoms with Crippen molar-refractivity contribution in [1.82, 2.24) is 15.2 Å². The molecule has 2 aromatic heterocycles. The van der Waals surface area contributed by atoms with E-state index in [1.54, 1.807) is 13.4 Å². The van der Waals surface area contributed by atoms with Gasteiger partial charge in [0.2, 0.25) is 0 Å². The number of thiocarbonyl (C=S) groups is 1. The molecule has 0 spiro atoms. The second-order valence-corrected chi connectivity index (χ2v) is 7.54. The normalized spacial score (nSPS) is 10.7. The fourth-order valence-electron chi connectivity index (χ4n) is 3.37. The largest absolute Gasteiger partial charge is 0.497 e. The number of pyridine rings is 1. The molecule has 0 aliphatic rings. The van der Waals surface area contributed by atoms with Crippen LogP contribution in [0.4, 0.5) is 0 Å². The van der Waals surface area contributed by atoms with Gasteiger partial charge < -0.3 is 24.4 Å². The molecule has 0 aliphatic carbocycles. The quantitative estimate of drug-likeness (QED) is 0.426. The van der Waals surface area contributed by atoms with Crippen LogP contribution in [0.25, 0.3) is 10.9 Å². The average molecular weight is 434 g/mol. The second kappa shape index (κ2) is 9.49. The number of hydrogen-bond acceptors (Lipinski definition) is 4. The molecule has 0 amide bonds. The van der Waals surface area contributed by atoms with Crippen LogP contribution >= 0.6 is 12.2 Å². The summed E-state index contributed by atoms with van der Waals surface area (Å²) in [5.41, 5.74) is 2.33. The number of benzene rings is 2. The molecular weight excluding hydrogens is 410 g/mol. The van der Waals surface area contributed by atoms with Gasteiger partial charge in [0.15, 0.2) is 5.11 Å². The van der Waals surface area contributed by atoms with Crippen molar-refractivity contribution in [3.05, 3.63) is 100 Å². The number of H-pyrrole nitrogens is 1. The highest BCUT2D eigenvalue weighted by atomic mass is 32.1. The minimum absolute atomic E-state index is 0.146. The lowest BCUT2D eigenvalue weighted by molar-refractivity contribution is 0.393. The summed E-state index contributed by atoms with van der Waals surface area (Å²) in [7, 11) is 1.60. The predicted octanol–water partition coefficient (Wildman–Crippen LogP) is 4.21. The number of aromatic amines is 1. The zero-order valence-corrected chi connectivity index (χ0v) is 17.9. The number of ether oxygens (including phenoxy) is 1. The van der Waals surface area contributed by atoms with Gasteiger partial charge in [-0.1, -0.05) is 30.3 Å². The molecular formula is C24H23N3O3S. The Bertz CT molecular complexity index is 1220. The number of aromatic nitrogens is 1. The van der Waals surface area contributed by atoms with E-state index in [2.05, 4.69) is 10.3 Å². The summed E-state index contributed by atoms with van der Waals surface area (Å²) in [6.45, 7) is 1.42. The monoisotopic (exact) mass is 433 g/mol. The third-order valence-electron chi connectivity index (χ3n) is 4.99. The van der Waals surface area contributed by atoms with Gasteiger partial charge in [-0.2, -0.15) is 0 Å². The lowest BCUT2D eigenvalue weighted by atomic mass is 10.1. The predicted molar refractivity (Wildman–Crippen MR) is 125 cm³/mol. The zero-order valence-electron chi connectivity index (χ0n) is 17.1. The summed E-state index contributed by atoms with van der Waals surface area (Å²) in [4.78, 5) is 17.7. The highest BCUT2D eigenvalue weighted by Gasteiger charge is 2.14. The first-order valence-electron chi connectivity index (χ1n) is 9.91. The molecule has 0 fully saturated rings. The number of nitrogens with one attached hydrogen (secondary N) is 2. The van der Waals surface area contributed by atoms with Crippen LogP contribution in [0.3, 0.4) is 0 Å². The van der Waals surface area contributed by atoms with Gasteiger partial charge in [0.25, 0.3) is 5.56 Å². The Kier molecular flexibility index (Phi) is 6.33. The van der Waals surface area contributed by atoms with Gasteiger partial charge in [-0.15, -0.1) is 0 Å². The van der Waals surface area contributed by atoms with Crippen LogP contribution in [0.2, 0.25) is 0 Å². The van der Waals surface area contributed by atoms with Gasteiger partial charge in [0.1, 0.15) is 11.5 Å². The maximum absolute atomic E-state index is 12.8. The maximum Gasteiger partial charge on any atom is 0.253 e. The lowest BCUT2D eigenvalue weighted by Gasteiger charge is -2.26. The van der Waals surface area contributed by atoms with Crippen LogP contribution in [0.5, 0.6) is 5.75 Å². The number of hydrogen-bond donors (Lipinski definition) is 2. The van der Waals surface area contributed by atoms with E-state index in [4.69, 9.17) is 21.4 Å². The zero-order chi connectivity index (χ0) is 21.6. The van der Waals surface area contributed by atoms with E-state index in [1.807, 2.05) is 71.6 Å². The molecule has 2 N–H and O–H groups in total. The Balaban J connectivity index is 1.59. The van der Waals surface area contributed by atoms with Gasteiger partial charge in [-0.05, 0) is 53.5 Å². The molecule has 0 bridgehead atoms. The van der Waals surface area contributed by atoms with Crippen LogP contribution < -0.4 is 15.6 Å². The summed E-state index contributed by atoms with van der Waals surface area (Å²) < 4.78 is 10.6. The SMILES string of the molecule is COc1ccc2cc(CN(Cc3ccccc3)C(=S)NCc3ccco3)c(=O)[nH]c2c1. The summed E-state index contributed by atoms with van der Waals surface area (Å²) in [5, 5.41) is 4.72. The number of methoxy groups -OCH3 is 1. The Morgan fingerprint density at radius 1 is 1.10 bits per heavy atom. The molecule has 2 aromatic carbocycles. The third-order valence-corrected chi connectivity index (χ3v) is 5.39. The third kappa shape index (κ3) is 5.13. The number of fused-ring (bicyclic) bond motifs is 1. The molecule has 0 aliphatic heterocycles. The standard InChI is InChI=1S/C24H23N3O3S/c1-29-20-10-9-18-12-19(23(28)26-22(18)13-20)16-27(15-17-6-3-2-4-7-17)24(31)25-14-21-8-5-11-30-21/h2-13H,14-16H2,1H3,(H,25,31)(H,26,28). The van der Waals surface area contributed by atoms with E-state index in [0.717, 1.165) is 22.2 Å². The van der Waals surface area contributed by atoms with Gasteiger partial charge in [0, 0.05) is 18.2 Å². The molecule has 0 radical (unpaired) electrons. The highest BCUT2D eigenvalue weighted by molar-refractivity contribution is 7.80. The molecule has 0 saturated heterocycles.